The van der Waals surface area contributed by atoms with Crippen LogP contribution in [-0.4, -0.2) is 21.7 Å². The van der Waals surface area contributed by atoms with Crippen LogP contribution in [0.1, 0.15) is 29.1 Å². The van der Waals surface area contributed by atoms with Crippen LogP contribution in [0.4, 0.5) is 4.39 Å². The highest BCUT2D eigenvalue weighted by Gasteiger charge is 2.09. The summed E-state index contributed by atoms with van der Waals surface area (Å²) in [4.78, 5) is 12.0. The maximum Gasteiger partial charge on any atom is 0.276 e. The number of Topliss-reactive ketones (excluding diaryl/α,β-unsaturated/α-hetero) is 1. The lowest BCUT2D eigenvalue weighted by Gasteiger charge is -2.02. The Bertz CT molecular complexity index is 885. The molecule has 0 unspecified atom stereocenters. The molecule has 0 spiro atoms. The monoisotopic (exact) mass is 406 g/mol. The second kappa shape index (κ2) is 9.53. The van der Waals surface area contributed by atoms with Gasteiger partial charge in [0, 0.05) is 22.8 Å². The van der Waals surface area contributed by atoms with Gasteiger partial charge in [-0.15, -0.1) is 10.2 Å². The van der Waals surface area contributed by atoms with Crippen LogP contribution in [0.15, 0.2) is 58.2 Å². The van der Waals surface area contributed by atoms with E-state index in [1.165, 1.54) is 36.0 Å². The first-order valence-corrected chi connectivity index (χ1v) is 9.59. The van der Waals surface area contributed by atoms with Crippen molar-refractivity contribution in [1.82, 2.24) is 10.2 Å². The lowest BCUT2D eigenvalue weighted by molar-refractivity contribution is 0.0982. The predicted octanol–water partition coefficient (Wildman–Crippen LogP) is 5.20. The van der Waals surface area contributed by atoms with E-state index in [2.05, 4.69) is 10.2 Å². The lowest BCUT2D eigenvalue weighted by atomic mass is 10.1. The summed E-state index contributed by atoms with van der Waals surface area (Å²) in [6.07, 6.45) is 1.03. The number of hydrogen-bond donors (Lipinski definition) is 0. The molecule has 0 saturated heterocycles. The van der Waals surface area contributed by atoms with E-state index in [1.54, 1.807) is 24.3 Å². The zero-order valence-electron chi connectivity index (χ0n) is 14.2. The van der Waals surface area contributed by atoms with Crippen LogP contribution in [0.25, 0.3) is 0 Å². The summed E-state index contributed by atoms with van der Waals surface area (Å²) >= 11 is 7.20. The lowest BCUT2D eigenvalue weighted by Crippen LogP contribution is -1.99. The van der Waals surface area contributed by atoms with Gasteiger partial charge in [-0.05, 0) is 55.0 Å². The van der Waals surface area contributed by atoms with E-state index in [9.17, 15) is 9.18 Å². The molecular formula is C19H16ClFN2O3S. The fraction of sp³-hybridized carbons (Fsp3) is 0.211. The number of carbonyl (C=O) groups is 1. The largest absolute Gasteiger partial charge is 0.484 e. The van der Waals surface area contributed by atoms with E-state index >= 15 is 0 Å². The van der Waals surface area contributed by atoms with Gasteiger partial charge in [-0.2, -0.15) is 0 Å². The molecule has 5 nitrogen and oxygen atoms in total. The number of rotatable bonds is 9. The van der Waals surface area contributed by atoms with Crippen LogP contribution in [0.5, 0.6) is 5.75 Å². The molecule has 1 heterocycles. The molecular weight excluding hydrogens is 391 g/mol. The molecule has 0 bridgehead atoms. The molecule has 0 aliphatic carbocycles. The Hall–Kier alpha value is -2.38. The van der Waals surface area contributed by atoms with E-state index in [0.29, 0.717) is 46.0 Å². The molecule has 0 fully saturated rings. The number of carbonyl (C=O) groups excluding carboxylic acids is 1. The Morgan fingerprint density at radius 3 is 2.59 bits per heavy atom. The van der Waals surface area contributed by atoms with Crippen molar-refractivity contribution >= 4 is 29.1 Å². The molecule has 0 atom stereocenters. The number of hydrogen-bond acceptors (Lipinski definition) is 6. The third-order valence-electron chi connectivity index (χ3n) is 3.56. The Kier molecular flexibility index (Phi) is 6.84. The van der Waals surface area contributed by atoms with Gasteiger partial charge in [-0.1, -0.05) is 23.4 Å². The summed E-state index contributed by atoms with van der Waals surface area (Å²) < 4.78 is 23.9. The van der Waals surface area contributed by atoms with Crippen LogP contribution in [0, 0.1) is 5.82 Å². The number of ketones is 1. The van der Waals surface area contributed by atoms with Crippen molar-refractivity contribution in [2.24, 2.45) is 0 Å². The zero-order valence-corrected chi connectivity index (χ0v) is 15.8. The van der Waals surface area contributed by atoms with Crippen molar-refractivity contribution in [3.05, 3.63) is 70.8 Å². The van der Waals surface area contributed by atoms with Crippen molar-refractivity contribution in [1.29, 1.82) is 0 Å². The molecule has 3 aromatic rings. The van der Waals surface area contributed by atoms with E-state index in [-0.39, 0.29) is 18.2 Å². The van der Waals surface area contributed by atoms with Crippen LogP contribution >= 0.6 is 23.4 Å². The molecule has 0 radical (unpaired) electrons. The average molecular weight is 407 g/mol. The number of nitrogens with zero attached hydrogens (tertiary/aromatic N) is 2. The smallest absolute Gasteiger partial charge is 0.276 e. The predicted molar refractivity (Wildman–Crippen MR) is 101 cm³/mol. The highest BCUT2D eigenvalue weighted by molar-refractivity contribution is 7.99. The fourth-order valence-electron chi connectivity index (χ4n) is 2.20. The molecule has 0 amide bonds. The number of aromatic nitrogens is 2. The van der Waals surface area contributed by atoms with Gasteiger partial charge in [0.25, 0.3) is 11.1 Å². The molecule has 0 aliphatic rings. The second-order valence-corrected chi connectivity index (χ2v) is 7.07. The fourth-order valence-corrected chi connectivity index (χ4v) is 3.05. The van der Waals surface area contributed by atoms with Crippen molar-refractivity contribution in [2.45, 2.75) is 24.7 Å². The molecule has 0 saturated carbocycles. The quantitative estimate of drug-likeness (QED) is 0.276. The molecule has 1 aromatic heterocycles. The normalized spacial score (nSPS) is 10.7. The minimum Gasteiger partial charge on any atom is -0.484 e. The van der Waals surface area contributed by atoms with Crippen LogP contribution in [0.2, 0.25) is 5.02 Å². The van der Waals surface area contributed by atoms with Gasteiger partial charge in [-0.3, -0.25) is 4.79 Å². The molecule has 0 aliphatic heterocycles. The molecule has 140 valence electrons. The molecule has 27 heavy (non-hydrogen) atoms. The Morgan fingerprint density at radius 1 is 1.11 bits per heavy atom. The summed E-state index contributed by atoms with van der Waals surface area (Å²) in [5, 5.41) is 8.94. The molecule has 2 aromatic carbocycles. The summed E-state index contributed by atoms with van der Waals surface area (Å²) in [7, 11) is 0. The van der Waals surface area contributed by atoms with Crippen LogP contribution in [-0.2, 0) is 6.61 Å². The zero-order chi connectivity index (χ0) is 19.1. The third kappa shape index (κ3) is 6.08. The standard InChI is InChI=1S/C19H16ClFN2O3S/c20-14-5-9-16(10-6-14)25-12-18-22-23-19(26-18)27-11-1-2-17(24)13-3-7-15(21)8-4-13/h3-10H,1-2,11-12H2. The minimum atomic E-state index is -0.352. The Morgan fingerprint density at radius 2 is 1.85 bits per heavy atom. The first kappa shape index (κ1) is 19.4. The van der Waals surface area contributed by atoms with Crippen LogP contribution < -0.4 is 4.74 Å². The highest BCUT2D eigenvalue weighted by Crippen LogP contribution is 2.20. The second-order valence-electron chi connectivity index (χ2n) is 5.59. The maximum atomic E-state index is 12.9. The van der Waals surface area contributed by atoms with Gasteiger partial charge in [-0.25, -0.2) is 4.39 Å². The molecule has 0 N–H and O–H groups in total. The van der Waals surface area contributed by atoms with Gasteiger partial charge in [0.05, 0.1) is 0 Å². The Balaban J connectivity index is 1.38. The summed E-state index contributed by atoms with van der Waals surface area (Å²) in [5.41, 5.74) is 0.515. The van der Waals surface area contributed by atoms with Gasteiger partial charge in [0.1, 0.15) is 11.6 Å². The van der Waals surface area contributed by atoms with Crippen molar-refractivity contribution in [3.8, 4) is 5.75 Å². The molecule has 8 heteroatoms. The summed E-state index contributed by atoms with van der Waals surface area (Å²) in [6, 6.07) is 12.5. The van der Waals surface area contributed by atoms with Gasteiger partial charge in [0.15, 0.2) is 12.4 Å². The summed E-state index contributed by atoms with van der Waals surface area (Å²) in [6.45, 7) is 0.165. The van der Waals surface area contributed by atoms with Crippen molar-refractivity contribution in [2.75, 3.05) is 5.75 Å². The first-order valence-electron chi connectivity index (χ1n) is 8.22. The Labute approximate surface area is 164 Å². The minimum absolute atomic E-state index is 0.0156. The van der Waals surface area contributed by atoms with Gasteiger partial charge >= 0.3 is 0 Å². The van der Waals surface area contributed by atoms with E-state index in [1.807, 2.05) is 0 Å². The maximum absolute atomic E-state index is 12.9. The van der Waals surface area contributed by atoms with E-state index in [0.717, 1.165) is 0 Å². The van der Waals surface area contributed by atoms with Crippen LogP contribution in [0.3, 0.4) is 0 Å². The van der Waals surface area contributed by atoms with E-state index in [4.69, 9.17) is 20.8 Å². The highest BCUT2D eigenvalue weighted by atomic mass is 35.5. The van der Waals surface area contributed by atoms with Crippen molar-refractivity contribution < 1.29 is 18.3 Å². The van der Waals surface area contributed by atoms with E-state index < -0.39 is 0 Å². The first-order chi connectivity index (χ1) is 13.1. The summed E-state index contributed by atoms with van der Waals surface area (Å²) in [5.74, 6) is 1.32. The van der Waals surface area contributed by atoms with Crippen molar-refractivity contribution in [3.63, 3.8) is 0 Å². The number of ether oxygens (including phenoxy) is 1. The number of thioether (sulfide) groups is 1. The van der Waals surface area contributed by atoms with Gasteiger partial charge < -0.3 is 9.15 Å². The molecule has 3 rings (SSSR count). The average Bonchev–Trinajstić information content (AvgIpc) is 3.13. The number of benzene rings is 2. The third-order valence-corrected chi connectivity index (χ3v) is 4.72. The van der Waals surface area contributed by atoms with Gasteiger partial charge in [0.2, 0.25) is 0 Å². The SMILES string of the molecule is O=C(CCCSc1nnc(COc2ccc(Cl)cc2)o1)c1ccc(F)cc1. The topological polar surface area (TPSA) is 65.2 Å². The number of halogens is 2.